The first-order valence-electron chi connectivity index (χ1n) is 10.1. The van der Waals surface area contributed by atoms with Crippen molar-refractivity contribution < 1.29 is 26.3 Å². The molecule has 0 radical (unpaired) electrons. The van der Waals surface area contributed by atoms with Gasteiger partial charge in [0.15, 0.2) is 17.5 Å². The average molecular weight is 422 g/mol. The Morgan fingerprint density at radius 2 is 1.33 bits per heavy atom. The minimum Gasteiger partial charge on any atom is -0.206 e. The summed E-state index contributed by atoms with van der Waals surface area (Å²) in [4.78, 5) is 0. The SMILES string of the molecule is CCC1CCC(c2cc(F)c(-c3cc(F)c4c(F)c(F)c(F)cc4c3)c(F)c2)CC1. The molecule has 1 saturated carbocycles. The van der Waals surface area contributed by atoms with E-state index in [-0.39, 0.29) is 16.9 Å². The molecule has 0 atom stereocenters. The van der Waals surface area contributed by atoms with Crippen LogP contribution in [0.4, 0.5) is 26.3 Å². The molecular formula is C24H20F6. The Balaban J connectivity index is 1.76. The lowest BCUT2D eigenvalue weighted by Gasteiger charge is -2.28. The molecule has 1 fully saturated rings. The van der Waals surface area contributed by atoms with Gasteiger partial charge in [0.25, 0.3) is 0 Å². The molecule has 0 aliphatic heterocycles. The minimum atomic E-state index is -1.80. The lowest BCUT2D eigenvalue weighted by Crippen LogP contribution is -2.13. The number of rotatable bonds is 3. The van der Waals surface area contributed by atoms with Gasteiger partial charge in [-0.3, -0.25) is 0 Å². The maximum atomic E-state index is 14.9. The van der Waals surface area contributed by atoms with Crippen molar-refractivity contribution in [2.75, 3.05) is 0 Å². The molecular weight excluding hydrogens is 402 g/mol. The summed E-state index contributed by atoms with van der Waals surface area (Å²) in [6.07, 6.45) is 4.81. The van der Waals surface area contributed by atoms with Gasteiger partial charge in [-0.2, -0.15) is 0 Å². The molecule has 0 unspecified atom stereocenters. The van der Waals surface area contributed by atoms with E-state index in [1.807, 2.05) is 0 Å². The fourth-order valence-corrected chi connectivity index (χ4v) is 4.54. The van der Waals surface area contributed by atoms with Gasteiger partial charge >= 0.3 is 0 Å². The Morgan fingerprint density at radius 3 is 1.93 bits per heavy atom. The second kappa shape index (κ2) is 7.97. The third kappa shape index (κ3) is 3.57. The first-order chi connectivity index (χ1) is 14.3. The normalized spacial score (nSPS) is 19.4. The topological polar surface area (TPSA) is 0 Å². The Bertz CT molecular complexity index is 1090. The molecule has 0 saturated heterocycles. The molecule has 0 bridgehead atoms. The van der Waals surface area contributed by atoms with Crippen molar-refractivity contribution >= 4 is 10.8 Å². The summed E-state index contributed by atoms with van der Waals surface area (Å²) in [6, 6.07) is 4.90. The highest BCUT2D eigenvalue weighted by atomic mass is 19.2. The van der Waals surface area contributed by atoms with Crippen LogP contribution in [0.15, 0.2) is 30.3 Å². The van der Waals surface area contributed by atoms with Gasteiger partial charge in [0.1, 0.15) is 17.5 Å². The average Bonchev–Trinajstić information content (AvgIpc) is 2.71. The Hall–Kier alpha value is -2.50. The van der Waals surface area contributed by atoms with E-state index in [4.69, 9.17) is 0 Å². The molecule has 0 heterocycles. The summed E-state index contributed by atoms with van der Waals surface area (Å²) in [7, 11) is 0. The highest BCUT2D eigenvalue weighted by Gasteiger charge is 2.25. The second-order valence-electron chi connectivity index (χ2n) is 8.03. The molecule has 0 N–H and O–H groups in total. The third-order valence-corrected chi connectivity index (χ3v) is 6.27. The van der Waals surface area contributed by atoms with Gasteiger partial charge in [-0.25, -0.2) is 26.3 Å². The quantitative estimate of drug-likeness (QED) is 0.296. The van der Waals surface area contributed by atoms with Gasteiger partial charge < -0.3 is 0 Å². The molecule has 6 heteroatoms. The fraction of sp³-hybridized carbons (Fsp3) is 0.333. The van der Waals surface area contributed by atoms with Crippen LogP contribution in [0.25, 0.3) is 21.9 Å². The monoisotopic (exact) mass is 422 g/mol. The fourth-order valence-electron chi connectivity index (χ4n) is 4.54. The zero-order chi connectivity index (χ0) is 21.6. The summed E-state index contributed by atoms with van der Waals surface area (Å²) in [5, 5.41) is -1.08. The number of fused-ring (bicyclic) bond motifs is 1. The lowest BCUT2D eigenvalue weighted by molar-refractivity contribution is 0.318. The molecule has 1 aliphatic carbocycles. The second-order valence-corrected chi connectivity index (χ2v) is 8.03. The first kappa shape index (κ1) is 20.8. The molecule has 3 aromatic rings. The van der Waals surface area contributed by atoms with Gasteiger partial charge in [0.2, 0.25) is 0 Å². The van der Waals surface area contributed by atoms with Crippen LogP contribution in [0.2, 0.25) is 0 Å². The third-order valence-electron chi connectivity index (χ3n) is 6.27. The lowest BCUT2D eigenvalue weighted by atomic mass is 9.77. The van der Waals surface area contributed by atoms with Crippen molar-refractivity contribution in [2.24, 2.45) is 5.92 Å². The van der Waals surface area contributed by atoms with Gasteiger partial charge in [-0.05, 0) is 84.4 Å². The summed E-state index contributed by atoms with van der Waals surface area (Å²) < 4.78 is 85.1. The van der Waals surface area contributed by atoms with Crippen LogP contribution >= 0.6 is 0 Å². The van der Waals surface area contributed by atoms with Gasteiger partial charge in [0, 0.05) is 0 Å². The van der Waals surface area contributed by atoms with Crippen LogP contribution in [0, 0.1) is 40.8 Å². The zero-order valence-electron chi connectivity index (χ0n) is 16.3. The van der Waals surface area contributed by atoms with Crippen LogP contribution in [0.1, 0.15) is 50.5 Å². The van der Waals surface area contributed by atoms with E-state index in [0.717, 1.165) is 44.2 Å². The molecule has 0 nitrogen and oxygen atoms in total. The molecule has 0 aromatic heterocycles. The molecule has 1 aliphatic rings. The number of hydrogen-bond acceptors (Lipinski definition) is 0. The van der Waals surface area contributed by atoms with E-state index >= 15 is 0 Å². The molecule has 30 heavy (non-hydrogen) atoms. The van der Waals surface area contributed by atoms with Crippen molar-refractivity contribution in [1.29, 1.82) is 0 Å². The maximum Gasteiger partial charge on any atom is 0.195 e. The van der Waals surface area contributed by atoms with Crippen molar-refractivity contribution in [3.63, 3.8) is 0 Å². The van der Waals surface area contributed by atoms with Gasteiger partial charge in [0.05, 0.1) is 10.9 Å². The van der Waals surface area contributed by atoms with Crippen molar-refractivity contribution in [3.8, 4) is 11.1 Å². The summed E-state index contributed by atoms with van der Waals surface area (Å²) in [5.74, 6) is -7.24. The van der Waals surface area contributed by atoms with Crippen LogP contribution in [0.3, 0.4) is 0 Å². The van der Waals surface area contributed by atoms with Crippen molar-refractivity contribution in [3.05, 3.63) is 70.8 Å². The van der Waals surface area contributed by atoms with E-state index in [0.29, 0.717) is 17.5 Å². The predicted molar refractivity (Wildman–Crippen MR) is 104 cm³/mol. The van der Waals surface area contributed by atoms with E-state index in [2.05, 4.69) is 6.92 Å². The van der Waals surface area contributed by atoms with Crippen LogP contribution in [0.5, 0.6) is 0 Å². The van der Waals surface area contributed by atoms with E-state index in [1.54, 1.807) is 0 Å². The largest absolute Gasteiger partial charge is 0.206 e. The Morgan fingerprint density at radius 1 is 0.700 bits per heavy atom. The highest BCUT2D eigenvalue weighted by molar-refractivity contribution is 5.88. The Labute approximate surface area is 170 Å². The van der Waals surface area contributed by atoms with Crippen molar-refractivity contribution in [1.82, 2.24) is 0 Å². The van der Waals surface area contributed by atoms with Crippen LogP contribution < -0.4 is 0 Å². The maximum absolute atomic E-state index is 14.9. The molecule has 158 valence electrons. The van der Waals surface area contributed by atoms with Crippen molar-refractivity contribution in [2.45, 2.75) is 44.9 Å². The number of benzene rings is 3. The molecule has 4 rings (SSSR count). The van der Waals surface area contributed by atoms with Gasteiger partial charge in [-0.1, -0.05) is 13.3 Å². The molecule has 0 amide bonds. The predicted octanol–water partition coefficient (Wildman–Crippen LogP) is 8.03. The number of hydrogen-bond donors (Lipinski definition) is 0. The molecule has 0 spiro atoms. The summed E-state index contributed by atoms with van der Waals surface area (Å²) in [6.45, 7) is 2.13. The molecule has 3 aromatic carbocycles. The Kier molecular flexibility index (Phi) is 5.51. The number of halogens is 6. The van der Waals surface area contributed by atoms with E-state index < -0.39 is 45.9 Å². The summed E-state index contributed by atoms with van der Waals surface area (Å²) in [5.41, 5.74) is -0.127. The summed E-state index contributed by atoms with van der Waals surface area (Å²) >= 11 is 0. The minimum absolute atomic E-state index is 0.0605. The van der Waals surface area contributed by atoms with Gasteiger partial charge in [-0.15, -0.1) is 0 Å². The van der Waals surface area contributed by atoms with Crippen LogP contribution in [-0.4, -0.2) is 0 Å². The smallest absolute Gasteiger partial charge is 0.195 e. The first-order valence-corrected chi connectivity index (χ1v) is 10.1. The van der Waals surface area contributed by atoms with E-state index in [9.17, 15) is 26.3 Å². The standard InChI is InChI=1S/C24H20F6/c1-2-12-3-5-13(6-4-12)14-8-17(25)21(18(26)9-14)15-7-16-11-20(28)23(29)24(30)22(16)19(27)10-15/h7-13H,2-6H2,1H3. The zero-order valence-corrected chi connectivity index (χ0v) is 16.3. The highest BCUT2D eigenvalue weighted by Crippen LogP contribution is 2.40. The van der Waals surface area contributed by atoms with E-state index in [1.165, 1.54) is 12.1 Å². The van der Waals surface area contributed by atoms with Crippen LogP contribution in [-0.2, 0) is 0 Å².